The fourth-order valence-corrected chi connectivity index (χ4v) is 3.49. The number of ether oxygens (including phenoxy) is 1. The Bertz CT molecular complexity index is 494. The normalized spacial score (nSPS) is 18.9. The van der Waals surface area contributed by atoms with E-state index in [2.05, 4.69) is 33.8 Å². The minimum atomic E-state index is -0.202. The zero-order chi connectivity index (χ0) is 17.9. The molecule has 0 aliphatic heterocycles. The maximum Gasteiger partial charge on any atom is 0.331 e. The van der Waals surface area contributed by atoms with Gasteiger partial charge in [0.2, 0.25) is 0 Å². The van der Waals surface area contributed by atoms with E-state index >= 15 is 0 Å². The molecular formula is C22H36O2. The van der Waals surface area contributed by atoms with Crippen molar-refractivity contribution in [1.82, 2.24) is 0 Å². The van der Waals surface area contributed by atoms with E-state index in [9.17, 15) is 4.79 Å². The van der Waals surface area contributed by atoms with Crippen LogP contribution in [-0.2, 0) is 9.53 Å². The van der Waals surface area contributed by atoms with Gasteiger partial charge in [-0.15, -0.1) is 0 Å². The molecule has 1 unspecified atom stereocenters. The van der Waals surface area contributed by atoms with E-state index in [1.54, 1.807) is 17.2 Å². The summed E-state index contributed by atoms with van der Waals surface area (Å²) >= 11 is 0. The molecular weight excluding hydrogens is 296 g/mol. The Labute approximate surface area is 149 Å². The van der Waals surface area contributed by atoms with Crippen molar-refractivity contribution in [2.75, 3.05) is 6.61 Å². The number of hydrogen-bond donors (Lipinski definition) is 0. The molecule has 0 aromatic heterocycles. The smallest absolute Gasteiger partial charge is 0.331 e. The van der Waals surface area contributed by atoms with Crippen molar-refractivity contribution in [2.24, 2.45) is 5.92 Å². The van der Waals surface area contributed by atoms with Gasteiger partial charge in [-0.1, -0.05) is 50.0 Å². The van der Waals surface area contributed by atoms with E-state index in [-0.39, 0.29) is 5.97 Å². The van der Waals surface area contributed by atoms with Gasteiger partial charge >= 0.3 is 5.97 Å². The second-order valence-electron chi connectivity index (χ2n) is 6.90. The molecule has 1 rings (SSSR count). The van der Waals surface area contributed by atoms with Crippen LogP contribution in [0.1, 0.15) is 86.0 Å². The van der Waals surface area contributed by atoms with Crippen molar-refractivity contribution in [3.63, 3.8) is 0 Å². The Hall–Kier alpha value is -1.31. The van der Waals surface area contributed by atoms with Crippen molar-refractivity contribution in [1.29, 1.82) is 0 Å². The summed E-state index contributed by atoms with van der Waals surface area (Å²) in [5.41, 5.74) is 5.85. The fourth-order valence-electron chi connectivity index (χ4n) is 3.49. The van der Waals surface area contributed by atoms with Gasteiger partial charge in [0.1, 0.15) is 0 Å². The molecule has 0 saturated carbocycles. The summed E-state index contributed by atoms with van der Waals surface area (Å²) in [5, 5.41) is 0. The summed E-state index contributed by atoms with van der Waals surface area (Å²) in [5.74, 6) is 0.515. The molecule has 1 atom stereocenters. The monoisotopic (exact) mass is 332 g/mol. The van der Waals surface area contributed by atoms with E-state index < -0.39 is 0 Å². The molecule has 0 saturated heterocycles. The molecule has 0 fully saturated rings. The highest BCUT2D eigenvalue weighted by molar-refractivity contribution is 5.83. The van der Waals surface area contributed by atoms with E-state index in [0.29, 0.717) is 6.61 Å². The van der Waals surface area contributed by atoms with Crippen LogP contribution in [0.5, 0.6) is 0 Å². The average molecular weight is 333 g/mol. The quantitative estimate of drug-likeness (QED) is 0.272. The van der Waals surface area contributed by atoms with Crippen LogP contribution >= 0.6 is 0 Å². The Morgan fingerprint density at radius 2 is 1.96 bits per heavy atom. The molecule has 0 amide bonds. The SMILES string of the molecule is CCOC(=O)/C=C1/C=C(CC(CC)C/C(CC)=C(/C)CC)CCC1. The Kier molecular flexibility index (Phi) is 9.75. The van der Waals surface area contributed by atoms with E-state index in [4.69, 9.17) is 4.74 Å². The first kappa shape index (κ1) is 20.7. The molecule has 1 aliphatic carbocycles. The lowest BCUT2D eigenvalue weighted by Gasteiger charge is -2.22. The minimum absolute atomic E-state index is 0.202. The van der Waals surface area contributed by atoms with Crippen molar-refractivity contribution in [3.8, 4) is 0 Å². The highest BCUT2D eigenvalue weighted by Crippen LogP contribution is 2.32. The van der Waals surface area contributed by atoms with Crippen LogP contribution in [0.3, 0.4) is 0 Å². The van der Waals surface area contributed by atoms with E-state index in [1.807, 2.05) is 6.92 Å². The maximum absolute atomic E-state index is 11.7. The first-order chi connectivity index (χ1) is 11.5. The number of allylic oxidation sites excluding steroid dienone is 5. The first-order valence-electron chi connectivity index (χ1n) is 9.78. The van der Waals surface area contributed by atoms with Gasteiger partial charge < -0.3 is 4.74 Å². The molecule has 2 heteroatoms. The van der Waals surface area contributed by atoms with E-state index in [0.717, 1.165) is 37.2 Å². The highest BCUT2D eigenvalue weighted by Gasteiger charge is 2.15. The van der Waals surface area contributed by atoms with Crippen LogP contribution in [0.4, 0.5) is 0 Å². The maximum atomic E-state index is 11.7. The number of carbonyl (C=O) groups is 1. The Morgan fingerprint density at radius 1 is 1.21 bits per heavy atom. The summed E-state index contributed by atoms with van der Waals surface area (Å²) in [6, 6.07) is 0. The zero-order valence-corrected chi connectivity index (χ0v) is 16.4. The Morgan fingerprint density at radius 3 is 2.54 bits per heavy atom. The number of esters is 1. The van der Waals surface area contributed by atoms with Crippen molar-refractivity contribution >= 4 is 5.97 Å². The third kappa shape index (κ3) is 7.07. The molecule has 0 heterocycles. The minimum Gasteiger partial charge on any atom is -0.463 e. The summed E-state index contributed by atoms with van der Waals surface area (Å²) in [4.78, 5) is 11.7. The lowest BCUT2D eigenvalue weighted by atomic mass is 9.83. The van der Waals surface area contributed by atoms with Gasteiger partial charge in [0.05, 0.1) is 6.61 Å². The zero-order valence-electron chi connectivity index (χ0n) is 16.4. The molecule has 0 N–H and O–H groups in total. The summed E-state index contributed by atoms with van der Waals surface area (Å²) < 4.78 is 5.04. The largest absolute Gasteiger partial charge is 0.463 e. The first-order valence-corrected chi connectivity index (χ1v) is 9.78. The van der Waals surface area contributed by atoms with Crippen molar-refractivity contribution in [3.05, 3.63) is 34.4 Å². The second kappa shape index (κ2) is 11.3. The third-order valence-corrected chi connectivity index (χ3v) is 5.17. The molecule has 0 aromatic rings. The molecule has 24 heavy (non-hydrogen) atoms. The molecule has 136 valence electrons. The van der Waals surface area contributed by atoms with Crippen molar-refractivity contribution in [2.45, 2.75) is 86.0 Å². The van der Waals surface area contributed by atoms with Crippen molar-refractivity contribution < 1.29 is 9.53 Å². The second-order valence-corrected chi connectivity index (χ2v) is 6.90. The highest BCUT2D eigenvalue weighted by atomic mass is 16.5. The molecule has 2 nitrogen and oxygen atoms in total. The van der Waals surface area contributed by atoms with E-state index in [1.165, 1.54) is 31.3 Å². The van der Waals surface area contributed by atoms with Crippen LogP contribution in [0.2, 0.25) is 0 Å². The summed E-state index contributed by atoms with van der Waals surface area (Å²) in [6.07, 6.45) is 13.2. The van der Waals surface area contributed by atoms with Crippen LogP contribution < -0.4 is 0 Å². The predicted molar refractivity (Wildman–Crippen MR) is 103 cm³/mol. The topological polar surface area (TPSA) is 26.3 Å². The van der Waals surface area contributed by atoms with Gasteiger partial charge in [-0.3, -0.25) is 0 Å². The summed E-state index contributed by atoms with van der Waals surface area (Å²) in [6.45, 7) is 11.4. The average Bonchev–Trinajstić information content (AvgIpc) is 2.58. The Balaban J connectivity index is 2.77. The van der Waals surface area contributed by atoms with Gasteiger partial charge in [0.15, 0.2) is 0 Å². The number of rotatable bonds is 9. The van der Waals surface area contributed by atoms with Gasteiger partial charge in [-0.05, 0) is 70.3 Å². The lowest BCUT2D eigenvalue weighted by molar-refractivity contribution is -0.137. The number of hydrogen-bond acceptors (Lipinski definition) is 2. The molecule has 0 bridgehead atoms. The summed E-state index contributed by atoms with van der Waals surface area (Å²) in [7, 11) is 0. The fraction of sp³-hybridized carbons (Fsp3) is 0.682. The lowest BCUT2D eigenvalue weighted by Crippen LogP contribution is -2.07. The van der Waals surface area contributed by atoms with Gasteiger partial charge in [0.25, 0.3) is 0 Å². The van der Waals surface area contributed by atoms with Gasteiger partial charge in [-0.2, -0.15) is 0 Å². The van der Waals surface area contributed by atoms with Gasteiger partial charge in [0, 0.05) is 6.08 Å². The molecule has 1 aliphatic rings. The standard InChI is InChI=1S/C22H36O2/c1-6-17(5)21(8-3)15-18(7-2)13-19-11-10-12-20(14-19)16-22(23)24-9-4/h14,16,18H,6-13,15H2,1-5H3/b20-16+,21-17-. The third-order valence-electron chi connectivity index (χ3n) is 5.17. The van der Waals surface area contributed by atoms with Crippen LogP contribution in [0.25, 0.3) is 0 Å². The van der Waals surface area contributed by atoms with Crippen LogP contribution in [0, 0.1) is 5.92 Å². The van der Waals surface area contributed by atoms with Crippen LogP contribution in [-0.4, -0.2) is 12.6 Å². The predicted octanol–water partition coefficient (Wildman–Crippen LogP) is 6.53. The van der Waals surface area contributed by atoms with Gasteiger partial charge in [-0.25, -0.2) is 4.79 Å². The number of carbonyl (C=O) groups excluding carboxylic acids is 1. The molecule has 0 radical (unpaired) electrons. The molecule has 0 aromatic carbocycles. The molecule has 0 spiro atoms. The van der Waals surface area contributed by atoms with Crippen LogP contribution in [0.15, 0.2) is 34.4 Å².